The van der Waals surface area contributed by atoms with Crippen molar-refractivity contribution >= 4 is 18.1 Å². The molecule has 0 unspecified atom stereocenters. The molecular weight excluding hydrogens is 332 g/mol. The predicted molar refractivity (Wildman–Crippen MR) is 101 cm³/mol. The Balaban J connectivity index is 1.91. The van der Waals surface area contributed by atoms with Crippen molar-refractivity contribution in [3.05, 3.63) is 35.9 Å². The largest absolute Gasteiger partial charge is 0.496 e. The second-order valence-electron chi connectivity index (χ2n) is 7.43. The Labute approximate surface area is 155 Å². The molecule has 0 saturated carbocycles. The minimum Gasteiger partial charge on any atom is -0.496 e. The number of hydrogen-bond acceptors (Lipinski definition) is 4. The van der Waals surface area contributed by atoms with Crippen LogP contribution in [0.4, 0.5) is 4.79 Å². The second-order valence-corrected chi connectivity index (χ2v) is 7.43. The quantitative estimate of drug-likeness (QED) is 0.876. The van der Waals surface area contributed by atoms with Gasteiger partial charge in [-0.2, -0.15) is 0 Å². The smallest absolute Gasteiger partial charge is 0.410 e. The zero-order chi connectivity index (χ0) is 19.3. The van der Waals surface area contributed by atoms with Crippen LogP contribution in [0.5, 0.6) is 5.75 Å². The maximum atomic E-state index is 12.4. The number of amides is 2. The van der Waals surface area contributed by atoms with Gasteiger partial charge in [-0.3, -0.25) is 4.79 Å². The van der Waals surface area contributed by atoms with Crippen LogP contribution >= 0.6 is 0 Å². The van der Waals surface area contributed by atoms with Crippen LogP contribution in [-0.4, -0.2) is 48.7 Å². The number of ether oxygens (including phenoxy) is 2. The molecule has 1 aromatic carbocycles. The van der Waals surface area contributed by atoms with Gasteiger partial charge in [-0.25, -0.2) is 4.79 Å². The van der Waals surface area contributed by atoms with E-state index in [-0.39, 0.29) is 24.5 Å². The molecule has 1 aliphatic heterocycles. The minimum atomic E-state index is -0.523. The van der Waals surface area contributed by atoms with Crippen LogP contribution in [0, 0.1) is 0 Å². The molecule has 1 atom stereocenters. The highest BCUT2D eigenvalue weighted by Gasteiger charge is 2.30. The first-order valence-electron chi connectivity index (χ1n) is 8.78. The number of carbonyl (C=O) groups excluding carboxylic acids is 2. The van der Waals surface area contributed by atoms with Crippen molar-refractivity contribution in [2.45, 2.75) is 45.3 Å². The van der Waals surface area contributed by atoms with Gasteiger partial charge in [-0.15, -0.1) is 0 Å². The van der Waals surface area contributed by atoms with E-state index in [2.05, 4.69) is 11.9 Å². The summed E-state index contributed by atoms with van der Waals surface area (Å²) < 4.78 is 10.7. The molecule has 1 heterocycles. The van der Waals surface area contributed by atoms with Gasteiger partial charge in [0, 0.05) is 24.7 Å². The number of methoxy groups -OCH3 is 1. The molecule has 0 spiro atoms. The molecule has 1 saturated heterocycles. The van der Waals surface area contributed by atoms with Crippen molar-refractivity contribution in [1.29, 1.82) is 0 Å². The highest BCUT2D eigenvalue weighted by Crippen LogP contribution is 2.21. The van der Waals surface area contributed by atoms with Crippen molar-refractivity contribution in [1.82, 2.24) is 10.2 Å². The van der Waals surface area contributed by atoms with Crippen LogP contribution in [0.2, 0.25) is 0 Å². The standard InChI is InChI=1S/C20H28N2O4/c1-6-14-7-8-17(25-5)15(11-14)12-18(23)21-16-9-10-22(13-16)19(24)26-20(2,3)4/h6-8,11,16H,1,9-10,12-13H2,2-5H3,(H,21,23)/t16-/m0/s1. The predicted octanol–water partition coefficient (Wildman–Crippen LogP) is 3.01. The summed E-state index contributed by atoms with van der Waals surface area (Å²) in [5.41, 5.74) is 1.22. The monoisotopic (exact) mass is 360 g/mol. The zero-order valence-corrected chi connectivity index (χ0v) is 16.0. The average molecular weight is 360 g/mol. The molecule has 2 amide bonds. The van der Waals surface area contributed by atoms with E-state index in [0.717, 1.165) is 17.5 Å². The van der Waals surface area contributed by atoms with Gasteiger partial charge in [0.2, 0.25) is 5.91 Å². The molecule has 0 aliphatic carbocycles. The number of likely N-dealkylation sites (tertiary alicyclic amines) is 1. The lowest BCUT2D eigenvalue weighted by atomic mass is 10.1. The Morgan fingerprint density at radius 1 is 1.38 bits per heavy atom. The van der Waals surface area contributed by atoms with Gasteiger partial charge in [0.15, 0.2) is 0 Å². The number of benzene rings is 1. The third-order valence-corrected chi connectivity index (χ3v) is 4.10. The van der Waals surface area contributed by atoms with Gasteiger partial charge < -0.3 is 19.7 Å². The van der Waals surface area contributed by atoms with E-state index in [4.69, 9.17) is 9.47 Å². The van der Waals surface area contributed by atoms with E-state index < -0.39 is 5.60 Å². The summed E-state index contributed by atoms with van der Waals surface area (Å²) in [5, 5.41) is 2.99. The van der Waals surface area contributed by atoms with Crippen LogP contribution in [0.3, 0.4) is 0 Å². The summed E-state index contributed by atoms with van der Waals surface area (Å²) >= 11 is 0. The fourth-order valence-electron chi connectivity index (χ4n) is 2.89. The van der Waals surface area contributed by atoms with Gasteiger partial charge >= 0.3 is 6.09 Å². The van der Waals surface area contributed by atoms with Gasteiger partial charge in [-0.05, 0) is 44.9 Å². The molecule has 26 heavy (non-hydrogen) atoms. The van der Waals surface area contributed by atoms with Crippen LogP contribution in [-0.2, 0) is 16.0 Å². The molecule has 0 radical (unpaired) electrons. The SMILES string of the molecule is C=Cc1ccc(OC)c(CC(=O)N[C@H]2CCN(C(=O)OC(C)(C)C)C2)c1. The molecule has 1 aromatic rings. The lowest BCUT2D eigenvalue weighted by Crippen LogP contribution is -2.40. The first kappa shape index (κ1) is 19.8. The topological polar surface area (TPSA) is 67.9 Å². The first-order valence-corrected chi connectivity index (χ1v) is 8.78. The van der Waals surface area contributed by atoms with Crippen LogP contribution in [0.15, 0.2) is 24.8 Å². The number of hydrogen-bond donors (Lipinski definition) is 1. The first-order chi connectivity index (χ1) is 12.2. The van der Waals surface area contributed by atoms with E-state index in [1.165, 1.54) is 0 Å². The number of nitrogens with zero attached hydrogens (tertiary/aromatic N) is 1. The minimum absolute atomic E-state index is 0.0661. The van der Waals surface area contributed by atoms with Crippen LogP contribution in [0.25, 0.3) is 6.08 Å². The number of nitrogens with one attached hydrogen (secondary N) is 1. The highest BCUT2D eigenvalue weighted by atomic mass is 16.6. The van der Waals surface area contributed by atoms with Crippen LogP contribution in [0.1, 0.15) is 38.3 Å². The molecule has 0 bridgehead atoms. The average Bonchev–Trinajstić information content (AvgIpc) is 3.01. The van der Waals surface area contributed by atoms with E-state index in [1.54, 1.807) is 18.1 Å². The molecule has 2 rings (SSSR count). The van der Waals surface area contributed by atoms with E-state index in [9.17, 15) is 9.59 Å². The zero-order valence-electron chi connectivity index (χ0n) is 16.0. The summed E-state index contributed by atoms with van der Waals surface area (Å²) in [4.78, 5) is 26.2. The molecule has 1 aliphatic rings. The Morgan fingerprint density at radius 2 is 2.12 bits per heavy atom. The summed E-state index contributed by atoms with van der Waals surface area (Å²) in [6.07, 6.45) is 2.33. The Morgan fingerprint density at radius 3 is 2.73 bits per heavy atom. The Kier molecular flexibility index (Phi) is 6.29. The summed E-state index contributed by atoms with van der Waals surface area (Å²) in [7, 11) is 1.58. The Hall–Kier alpha value is -2.50. The normalized spacial score (nSPS) is 16.9. The summed E-state index contributed by atoms with van der Waals surface area (Å²) in [6, 6.07) is 5.55. The number of carbonyl (C=O) groups is 2. The van der Waals surface area contributed by atoms with Crippen molar-refractivity contribution < 1.29 is 19.1 Å². The maximum absolute atomic E-state index is 12.4. The highest BCUT2D eigenvalue weighted by molar-refractivity contribution is 5.80. The molecule has 142 valence electrons. The van der Waals surface area contributed by atoms with Gasteiger partial charge in [0.25, 0.3) is 0 Å². The Bertz CT molecular complexity index is 679. The molecule has 0 aromatic heterocycles. The van der Waals surface area contributed by atoms with Crippen molar-refractivity contribution in [3.63, 3.8) is 0 Å². The third kappa shape index (κ3) is 5.51. The van der Waals surface area contributed by atoms with Crippen molar-refractivity contribution in [3.8, 4) is 5.75 Å². The van der Waals surface area contributed by atoms with E-state index in [1.807, 2.05) is 39.0 Å². The second kappa shape index (κ2) is 8.25. The lowest BCUT2D eigenvalue weighted by Gasteiger charge is -2.24. The molecule has 1 N–H and O–H groups in total. The number of rotatable bonds is 5. The lowest BCUT2D eigenvalue weighted by molar-refractivity contribution is -0.121. The summed E-state index contributed by atoms with van der Waals surface area (Å²) in [5.74, 6) is 0.577. The van der Waals surface area contributed by atoms with Crippen molar-refractivity contribution in [2.24, 2.45) is 0 Å². The maximum Gasteiger partial charge on any atom is 0.410 e. The van der Waals surface area contributed by atoms with Crippen LogP contribution < -0.4 is 10.1 Å². The van der Waals surface area contributed by atoms with Gasteiger partial charge in [0.1, 0.15) is 11.4 Å². The van der Waals surface area contributed by atoms with Gasteiger partial charge in [0.05, 0.1) is 13.5 Å². The molecule has 6 heteroatoms. The molecule has 1 fully saturated rings. The molecule has 6 nitrogen and oxygen atoms in total. The summed E-state index contributed by atoms with van der Waals surface area (Å²) in [6.45, 7) is 10.3. The fourth-order valence-corrected chi connectivity index (χ4v) is 2.89. The van der Waals surface area contributed by atoms with Gasteiger partial charge in [-0.1, -0.05) is 18.7 Å². The van der Waals surface area contributed by atoms with E-state index in [0.29, 0.717) is 18.8 Å². The third-order valence-electron chi connectivity index (χ3n) is 4.10. The molecular formula is C20H28N2O4. The van der Waals surface area contributed by atoms with Crippen molar-refractivity contribution in [2.75, 3.05) is 20.2 Å². The fraction of sp³-hybridized carbons (Fsp3) is 0.500. The van der Waals surface area contributed by atoms with E-state index >= 15 is 0 Å².